The highest BCUT2D eigenvalue weighted by atomic mass is 16.5. The third-order valence-electron chi connectivity index (χ3n) is 4.27. The average Bonchev–Trinajstić information content (AvgIpc) is 2.54. The highest BCUT2D eigenvalue weighted by Gasteiger charge is 2.25. The molecule has 3 rings (SSSR count). The van der Waals surface area contributed by atoms with Crippen LogP contribution >= 0.6 is 0 Å². The summed E-state index contributed by atoms with van der Waals surface area (Å²) in [5.74, 6) is 0.765. The summed E-state index contributed by atoms with van der Waals surface area (Å²) in [5, 5.41) is 3.00. The van der Waals surface area contributed by atoms with E-state index in [-0.39, 0.29) is 17.2 Å². The van der Waals surface area contributed by atoms with Crippen molar-refractivity contribution in [1.82, 2.24) is 0 Å². The van der Waals surface area contributed by atoms with Gasteiger partial charge in [0.2, 0.25) is 5.91 Å². The molecule has 1 amide bonds. The van der Waals surface area contributed by atoms with Crippen molar-refractivity contribution in [3.05, 3.63) is 59.7 Å². The zero-order chi connectivity index (χ0) is 16.4. The number of hydrogen-bond donors (Lipinski definition) is 1. The Morgan fingerprint density at radius 3 is 2.48 bits per heavy atom. The van der Waals surface area contributed by atoms with Gasteiger partial charge in [0.05, 0.1) is 5.92 Å². The number of amides is 1. The molecule has 0 bridgehead atoms. The van der Waals surface area contributed by atoms with Crippen LogP contribution in [0.3, 0.4) is 0 Å². The summed E-state index contributed by atoms with van der Waals surface area (Å²) in [4.78, 5) is 12.5. The number of carbonyl (C=O) groups is 1. The monoisotopic (exact) mass is 309 g/mol. The van der Waals surface area contributed by atoms with E-state index in [1.54, 1.807) is 0 Å². The smallest absolute Gasteiger partial charge is 0.231 e. The number of fused-ring (bicyclic) bond motifs is 1. The van der Waals surface area contributed by atoms with E-state index in [4.69, 9.17) is 4.74 Å². The Morgan fingerprint density at radius 2 is 1.78 bits per heavy atom. The maximum absolute atomic E-state index is 12.5. The van der Waals surface area contributed by atoms with Gasteiger partial charge in [0.15, 0.2) is 0 Å². The lowest BCUT2D eigenvalue weighted by molar-refractivity contribution is -0.121. The summed E-state index contributed by atoms with van der Waals surface area (Å²) in [6.45, 7) is 6.97. The minimum absolute atomic E-state index is 0.0167. The standard InChI is InChI=1S/C20H23NO2/c1-20(2,3)16-8-10-17(11-9-16)21-19(22)15-12-14-6-4-5-7-18(14)23-13-15/h4-11,15H,12-13H2,1-3H3,(H,21,22)/t15-/m0/s1. The fourth-order valence-electron chi connectivity index (χ4n) is 2.79. The van der Waals surface area contributed by atoms with Crippen LogP contribution in [0.25, 0.3) is 0 Å². The Balaban J connectivity index is 1.66. The van der Waals surface area contributed by atoms with Crippen LogP contribution in [0.1, 0.15) is 31.9 Å². The van der Waals surface area contributed by atoms with Gasteiger partial charge in [0.1, 0.15) is 12.4 Å². The van der Waals surface area contributed by atoms with Gasteiger partial charge < -0.3 is 10.1 Å². The van der Waals surface area contributed by atoms with Crippen LogP contribution in [-0.4, -0.2) is 12.5 Å². The van der Waals surface area contributed by atoms with Gasteiger partial charge in [-0.3, -0.25) is 4.79 Å². The first kappa shape index (κ1) is 15.6. The van der Waals surface area contributed by atoms with Crippen molar-refractivity contribution < 1.29 is 9.53 Å². The summed E-state index contributed by atoms with van der Waals surface area (Å²) in [6, 6.07) is 16.0. The summed E-state index contributed by atoms with van der Waals surface area (Å²) in [6.07, 6.45) is 0.724. The second-order valence-electron chi connectivity index (χ2n) is 7.14. The molecule has 120 valence electrons. The van der Waals surface area contributed by atoms with E-state index in [0.29, 0.717) is 6.61 Å². The normalized spacial score (nSPS) is 17.1. The van der Waals surface area contributed by atoms with Crippen LogP contribution in [0.5, 0.6) is 5.75 Å². The molecule has 1 N–H and O–H groups in total. The van der Waals surface area contributed by atoms with Crippen molar-refractivity contribution in [2.75, 3.05) is 11.9 Å². The molecule has 0 spiro atoms. The van der Waals surface area contributed by atoms with E-state index in [0.717, 1.165) is 23.4 Å². The summed E-state index contributed by atoms with van der Waals surface area (Å²) >= 11 is 0. The van der Waals surface area contributed by atoms with Gasteiger partial charge in [0, 0.05) is 5.69 Å². The van der Waals surface area contributed by atoms with Crippen LogP contribution < -0.4 is 10.1 Å². The fourth-order valence-corrected chi connectivity index (χ4v) is 2.79. The van der Waals surface area contributed by atoms with E-state index in [9.17, 15) is 4.79 Å². The van der Waals surface area contributed by atoms with E-state index >= 15 is 0 Å². The Bertz CT molecular complexity index is 698. The lowest BCUT2D eigenvalue weighted by Gasteiger charge is -2.24. The number of anilines is 1. The molecule has 0 fully saturated rings. The van der Waals surface area contributed by atoms with Crippen LogP contribution in [-0.2, 0) is 16.6 Å². The van der Waals surface area contributed by atoms with Gasteiger partial charge >= 0.3 is 0 Å². The molecule has 0 aliphatic carbocycles. The third-order valence-corrected chi connectivity index (χ3v) is 4.27. The second-order valence-corrected chi connectivity index (χ2v) is 7.14. The number of ether oxygens (including phenoxy) is 1. The zero-order valence-electron chi connectivity index (χ0n) is 13.9. The fraction of sp³-hybridized carbons (Fsp3) is 0.350. The Kier molecular flexibility index (Phi) is 4.12. The SMILES string of the molecule is CC(C)(C)c1ccc(NC(=O)[C@@H]2COc3ccccc3C2)cc1. The molecule has 0 radical (unpaired) electrons. The molecule has 2 aromatic rings. The molecular weight excluding hydrogens is 286 g/mol. The number of para-hydroxylation sites is 1. The van der Waals surface area contributed by atoms with Crippen molar-refractivity contribution in [1.29, 1.82) is 0 Å². The molecule has 3 heteroatoms. The lowest BCUT2D eigenvalue weighted by atomic mass is 9.87. The average molecular weight is 309 g/mol. The molecule has 3 nitrogen and oxygen atoms in total. The van der Waals surface area contributed by atoms with Crippen molar-refractivity contribution in [3.8, 4) is 5.75 Å². The van der Waals surface area contributed by atoms with Crippen molar-refractivity contribution in [2.24, 2.45) is 5.92 Å². The van der Waals surface area contributed by atoms with Crippen molar-refractivity contribution >= 4 is 11.6 Å². The molecule has 1 aliphatic heterocycles. The number of nitrogens with one attached hydrogen (secondary N) is 1. The number of hydrogen-bond acceptors (Lipinski definition) is 2. The first-order chi connectivity index (χ1) is 10.9. The minimum Gasteiger partial charge on any atom is -0.492 e. The molecular formula is C20H23NO2. The van der Waals surface area contributed by atoms with Gasteiger partial charge in [-0.2, -0.15) is 0 Å². The second kappa shape index (κ2) is 6.07. The van der Waals surface area contributed by atoms with Crippen LogP contribution in [0.15, 0.2) is 48.5 Å². The Hall–Kier alpha value is -2.29. The number of benzene rings is 2. The first-order valence-electron chi connectivity index (χ1n) is 8.05. The topological polar surface area (TPSA) is 38.3 Å². The van der Waals surface area contributed by atoms with Crippen molar-refractivity contribution in [2.45, 2.75) is 32.6 Å². The van der Waals surface area contributed by atoms with Crippen molar-refractivity contribution in [3.63, 3.8) is 0 Å². The Labute approximate surface area is 137 Å². The van der Waals surface area contributed by atoms with E-state index in [2.05, 4.69) is 38.2 Å². The molecule has 1 heterocycles. The molecule has 0 saturated heterocycles. The van der Waals surface area contributed by atoms with Crippen LogP contribution in [0.4, 0.5) is 5.69 Å². The third kappa shape index (κ3) is 3.55. The molecule has 23 heavy (non-hydrogen) atoms. The quantitative estimate of drug-likeness (QED) is 0.904. The summed E-state index contributed by atoms with van der Waals surface area (Å²) in [7, 11) is 0. The maximum atomic E-state index is 12.5. The predicted molar refractivity (Wildman–Crippen MR) is 92.9 cm³/mol. The number of rotatable bonds is 2. The van der Waals surface area contributed by atoms with Crippen LogP contribution in [0.2, 0.25) is 0 Å². The van der Waals surface area contributed by atoms with Gasteiger partial charge in [-0.05, 0) is 41.2 Å². The van der Waals surface area contributed by atoms with Crippen LogP contribution in [0, 0.1) is 5.92 Å². The molecule has 2 aromatic carbocycles. The maximum Gasteiger partial charge on any atom is 0.231 e. The minimum atomic E-state index is -0.146. The first-order valence-corrected chi connectivity index (χ1v) is 8.05. The molecule has 1 aliphatic rings. The summed E-state index contributed by atoms with van der Waals surface area (Å²) in [5.41, 5.74) is 3.30. The zero-order valence-corrected chi connectivity index (χ0v) is 13.9. The van der Waals surface area contributed by atoms with Gasteiger partial charge in [-0.1, -0.05) is 51.1 Å². The van der Waals surface area contributed by atoms with Gasteiger partial charge in [-0.25, -0.2) is 0 Å². The van der Waals surface area contributed by atoms with E-state index < -0.39 is 0 Å². The molecule has 0 saturated carbocycles. The molecule has 1 atom stereocenters. The highest BCUT2D eigenvalue weighted by molar-refractivity contribution is 5.93. The van der Waals surface area contributed by atoms with E-state index in [1.165, 1.54) is 5.56 Å². The predicted octanol–water partition coefficient (Wildman–Crippen LogP) is 4.17. The Morgan fingerprint density at radius 1 is 1.09 bits per heavy atom. The largest absolute Gasteiger partial charge is 0.492 e. The number of carbonyl (C=O) groups excluding carboxylic acids is 1. The lowest BCUT2D eigenvalue weighted by Crippen LogP contribution is -2.32. The summed E-state index contributed by atoms with van der Waals surface area (Å²) < 4.78 is 5.70. The molecule has 0 unspecified atom stereocenters. The van der Waals surface area contributed by atoms with Gasteiger partial charge in [0.25, 0.3) is 0 Å². The van der Waals surface area contributed by atoms with Gasteiger partial charge in [-0.15, -0.1) is 0 Å². The molecule has 0 aromatic heterocycles. The van der Waals surface area contributed by atoms with E-state index in [1.807, 2.05) is 36.4 Å². The highest BCUT2D eigenvalue weighted by Crippen LogP contribution is 2.28.